The molecule has 0 unspecified atom stereocenters. The van der Waals surface area contributed by atoms with E-state index < -0.39 is 5.97 Å². The number of carbonyl (C=O) groups is 3. The number of rotatable bonds is 8. The van der Waals surface area contributed by atoms with Gasteiger partial charge in [0.2, 0.25) is 0 Å². The molecule has 1 aliphatic heterocycles. The lowest BCUT2D eigenvalue weighted by Gasteiger charge is -2.22. The maximum atomic E-state index is 13.0. The molecule has 0 aromatic heterocycles. The van der Waals surface area contributed by atoms with Crippen LogP contribution in [0.1, 0.15) is 44.9 Å². The first-order chi connectivity index (χ1) is 16.2. The van der Waals surface area contributed by atoms with Gasteiger partial charge in [-0.1, -0.05) is 42.5 Å². The SMILES string of the molecule is COC(=O)C1=C(C)N(C(C)C)C(=O)/C1=C\c1ccc(OCC(=O)N[C@@H](C)c2ccccc2)cc1. The number of methoxy groups -OCH3 is 1. The summed E-state index contributed by atoms with van der Waals surface area (Å²) in [6, 6.07) is 16.4. The second-order valence-corrected chi connectivity index (χ2v) is 8.34. The van der Waals surface area contributed by atoms with E-state index in [4.69, 9.17) is 9.47 Å². The summed E-state index contributed by atoms with van der Waals surface area (Å²) >= 11 is 0. The van der Waals surface area contributed by atoms with Gasteiger partial charge in [-0.25, -0.2) is 4.79 Å². The molecule has 7 nitrogen and oxygen atoms in total. The van der Waals surface area contributed by atoms with E-state index in [1.54, 1.807) is 42.2 Å². The Morgan fingerprint density at radius 3 is 2.26 bits per heavy atom. The van der Waals surface area contributed by atoms with Crippen molar-refractivity contribution < 1.29 is 23.9 Å². The fraction of sp³-hybridized carbons (Fsp3) is 0.296. The van der Waals surface area contributed by atoms with Crippen molar-refractivity contribution in [2.24, 2.45) is 0 Å². The number of nitrogens with one attached hydrogen (secondary N) is 1. The summed E-state index contributed by atoms with van der Waals surface area (Å²) in [4.78, 5) is 39.1. The maximum absolute atomic E-state index is 13.0. The van der Waals surface area contributed by atoms with Crippen LogP contribution in [0.25, 0.3) is 6.08 Å². The molecular formula is C27H30N2O5. The van der Waals surface area contributed by atoms with Crippen LogP contribution in [0.4, 0.5) is 0 Å². The van der Waals surface area contributed by atoms with Gasteiger partial charge in [0.15, 0.2) is 6.61 Å². The van der Waals surface area contributed by atoms with E-state index in [1.165, 1.54) is 7.11 Å². The van der Waals surface area contributed by atoms with E-state index in [9.17, 15) is 14.4 Å². The Morgan fingerprint density at radius 1 is 1.03 bits per heavy atom. The zero-order chi connectivity index (χ0) is 24.8. The van der Waals surface area contributed by atoms with Crippen LogP contribution in [0.2, 0.25) is 0 Å². The molecule has 3 rings (SSSR count). The third-order valence-electron chi connectivity index (χ3n) is 5.59. The minimum Gasteiger partial charge on any atom is -0.484 e. The molecule has 0 radical (unpaired) electrons. The Labute approximate surface area is 200 Å². The molecule has 0 fully saturated rings. The number of nitrogens with zero attached hydrogens (tertiary/aromatic N) is 1. The Morgan fingerprint density at radius 2 is 1.68 bits per heavy atom. The van der Waals surface area contributed by atoms with E-state index in [-0.39, 0.29) is 36.1 Å². The number of carbonyl (C=O) groups excluding carboxylic acids is 3. The monoisotopic (exact) mass is 462 g/mol. The van der Waals surface area contributed by atoms with Crippen molar-refractivity contribution in [3.63, 3.8) is 0 Å². The van der Waals surface area contributed by atoms with Crippen LogP contribution in [0.5, 0.6) is 5.75 Å². The molecule has 7 heteroatoms. The van der Waals surface area contributed by atoms with Crippen LogP contribution in [0.15, 0.2) is 71.4 Å². The highest BCUT2D eigenvalue weighted by Gasteiger charge is 2.38. The Kier molecular flexibility index (Phi) is 7.89. The molecule has 0 saturated carbocycles. The van der Waals surface area contributed by atoms with Gasteiger partial charge in [-0.05, 0) is 57.0 Å². The molecule has 1 aliphatic rings. The van der Waals surface area contributed by atoms with Crippen LogP contribution in [0, 0.1) is 0 Å². The average molecular weight is 463 g/mol. The van der Waals surface area contributed by atoms with Crippen molar-refractivity contribution in [3.8, 4) is 5.75 Å². The molecule has 1 N–H and O–H groups in total. The predicted octanol–water partition coefficient (Wildman–Crippen LogP) is 4.02. The Balaban J connectivity index is 1.67. The minimum atomic E-state index is -0.545. The van der Waals surface area contributed by atoms with Crippen molar-refractivity contribution >= 4 is 23.9 Å². The third kappa shape index (κ3) is 5.54. The smallest absolute Gasteiger partial charge is 0.340 e. The molecule has 34 heavy (non-hydrogen) atoms. The van der Waals surface area contributed by atoms with Crippen molar-refractivity contribution in [2.75, 3.05) is 13.7 Å². The molecule has 0 spiro atoms. The van der Waals surface area contributed by atoms with Crippen molar-refractivity contribution in [1.29, 1.82) is 0 Å². The summed E-state index contributed by atoms with van der Waals surface area (Å²) in [5.41, 5.74) is 2.87. The minimum absolute atomic E-state index is 0.0930. The van der Waals surface area contributed by atoms with Gasteiger partial charge in [0.05, 0.1) is 24.3 Å². The lowest BCUT2D eigenvalue weighted by atomic mass is 10.0. The lowest BCUT2D eigenvalue weighted by Crippen LogP contribution is -2.31. The first-order valence-electron chi connectivity index (χ1n) is 11.1. The largest absolute Gasteiger partial charge is 0.484 e. The number of amides is 2. The number of esters is 1. The first-order valence-corrected chi connectivity index (χ1v) is 11.1. The van der Waals surface area contributed by atoms with Gasteiger partial charge in [-0.3, -0.25) is 9.59 Å². The zero-order valence-electron chi connectivity index (χ0n) is 20.1. The summed E-state index contributed by atoms with van der Waals surface area (Å²) in [5.74, 6) is -0.490. The van der Waals surface area contributed by atoms with Crippen molar-refractivity contribution in [2.45, 2.75) is 39.8 Å². The number of benzene rings is 2. The molecular weight excluding hydrogens is 432 g/mol. The van der Waals surface area contributed by atoms with Crippen LogP contribution in [-0.4, -0.2) is 42.4 Å². The first kappa shape index (κ1) is 24.8. The average Bonchev–Trinajstić information content (AvgIpc) is 3.07. The van der Waals surface area contributed by atoms with Crippen LogP contribution in [0.3, 0.4) is 0 Å². The second-order valence-electron chi connectivity index (χ2n) is 8.34. The quantitative estimate of drug-likeness (QED) is 0.473. The highest BCUT2D eigenvalue weighted by atomic mass is 16.5. The van der Waals surface area contributed by atoms with Crippen molar-refractivity contribution in [3.05, 3.63) is 82.6 Å². The molecule has 2 aromatic rings. The third-order valence-corrected chi connectivity index (χ3v) is 5.59. The molecule has 0 aliphatic carbocycles. The molecule has 2 aromatic carbocycles. The standard InChI is InChI=1S/C27H30N2O5/c1-17(2)29-19(4)25(27(32)33-5)23(26(29)31)15-20-11-13-22(14-12-20)34-16-24(30)28-18(3)21-9-7-6-8-10-21/h6-15,17-18H,16H2,1-5H3,(H,28,30)/b23-15-/t18-/m0/s1. The number of hydrogen-bond acceptors (Lipinski definition) is 5. The summed E-state index contributed by atoms with van der Waals surface area (Å²) in [6.45, 7) is 7.32. The van der Waals surface area contributed by atoms with Gasteiger partial charge in [0.25, 0.3) is 11.8 Å². The van der Waals surface area contributed by atoms with Gasteiger partial charge in [0.1, 0.15) is 5.75 Å². The van der Waals surface area contributed by atoms with E-state index in [2.05, 4.69) is 5.32 Å². The van der Waals surface area contributed by atoms with E-state index in [0.29, 0.717) is 17.0 Å². The Bertz CT molecular complexity index is 1120. The van der Waals surface area contributed by atoms with Gasteiger partial charge >= 0.3 is 5.97 Å². The van der Waals surface area contributed by atoms with Gasteiger partial charge in [0, 0.05) is 11.7 Å². The Hall–Kier alpha value is -3.87. The van der Waals surface area contributed by atoms with Crippen LogP contribution >= 0.6 is 0 Å². The summed E-state index contributed by atoms with van der Waals surface area (Å²) in [6.07, 6.45) is 1.67. The van der Waals surface area contributed by atoms with E-state index in [1.807, 2.05) is 51.1 Å². The fourth-order valence-corrected chi connectivity index (χ4v) is 3.90. The summed E-state index contributed by atoms with van der Waals surface area (Å²) in [5, 5.41) is 2.90. The molecule has 1 atom stereocenters. The highest BCUT2D eigenvalue weighted by molar-refractivity contribution is 6.16. The van der Waals surface area contributed by atoms with Crippen molar-refractivity contribution in [1.82, 2.24) is 10.2 Å². The lowest BCUT2D eigenvalue weighted by molar-refractivity contribution is -0.136. The van der Waals surface area contributed by atoms with Gasteiger partial charge in [-0.15, -0.1) is 0 Å². The second kappa shape index (κ2) is 10.8. The van der Waals surface area contributed by atoms with E-state index >= 15 is 0 Å². The van der Waals surface area contributed by atoms with Crippen LogP contribution < -0.4 is 10.1 Å². The zero-order valence-corrected chi connectivity index (χ0v) is 20.1. The molecule has 0 saturated heterocycles. The van der Waals surface area contributed by atoms with Gasteiger partial charge < -0.3 is 19.7 Å². The van der Waals surface area contributed by atoms with E-state index in [0.717, 1.165) is 11.1 Å². The molecule has 0 bridgehead atoms. The maximum Gasteiger partial charge on any atom is 0.340 e. The number of ether oxygens (including phenoxy) is 2. The van der Waals surface area contributed by atoms with Crippen LogP contribution in [-0.2, 0) is 19.1 Å². The van der Waals surface area contributed by atoms with Gasteiger partial charge in [-0.2, -0.15) is 0 Å². The molecule has 2 amide bonds. The highest BCUT2D eigenvalue weighted by Crippen LogP contribution is 2.33. The molecule has 1 heterocycles. The fourth-order valence-electron chi connectivity index (χ4n) is 3.90. The molecule has 178 valence electrons. The summed E-state index contributed by atoms with van der Waals surface area (Å²) in [7, 11) is 1.30. The predicted molar refractivity (Wildman–Crippen MR) is 130 cm³/mol. The number of allylic oxidation sites excluding steroid dienone is 1. The number of hydrogen-bond donors (Lipinski definition) is 1. The normalized spacial score (nSPS) is 15.6. The summed E-state index contributed by atoms with van der Waals surface area (Å²) < 4.78 is 10.5. The topological polar surface area (TPSA) is 84.9 Å².